The summed E-state index contributed by atoms with van der Waals surface area (Å²) in [6.45, 7) is 7.11. The highest BCUT2D eigenvalue weighted by Gasteiger charge is 2.27. The zero-order valence-electron chi connectivity index (χ0n) is 14.8. The number of halogens is 1. The average molecular weight is 324 g/mol. The molecule has 0 fully saturated rings. The zero-order valence-corrected chi connectivity index (χ0v) is 14.8. The van der Waals surface area contributed by atoms with Crippen LogP contribution in [0.3, 0.4) is 0 Å². The van der Waals surface area contributed by atoms with E-state index in [4.69, 9.17) is 0 Å². The van der Waals surface area contributed by atoms with Gasteiger partial charge in [0.2, 0.25) is 5.91 Å². The molecule has 23 heavy (non-hydrogen) atoms. The molecule has 1 aromatic rings. The summed E-state index contributed by atoms with van der Waals surface area (Å²) < 4.78 is 13.2. The molecule has 0 radical (unpaired) electrons. The van der Waals surface area contributed by atoms with Crippen molar-refractivity contribution in [2.45, 2.75) is 45.8 Å². The van der Waals surface area contributed by atoms with Crippen molar-refractivity contribution in [2.75, 3.05) is 20.6 Å². The summed E-state index contributed by atoms with van der Waals surface area (Å²) in [5, 5.41) is 13.1. The summed E-state index contributed by atoms with van der Waals surface area (Å²) in [5.74, 6) is -0.638. The first-order valence-electron chi connectivity index (χ1n) is 7.97. The summed E-state index contributed by atoms with van der Waals surface area (Å²) in [5.41, 5.74) is 0.343. The SMILES string of the molecule is CN(C)CCC(NC(=O)CC(O)c1cccc(F)c1)C(C)(C)C. The molecule has 0 spiro atoms. The van der Waals surface area contributed by atoms with Crippen LogP contribution in [-0.4, -0.2) is 42.6 Å². The predicted octanol–water partition coefficient (Wildman–Crippen LogP) is 2.73. The number of amides is 1. The summed E-state index contributed by atoms with van der Waals surface area (Å²) in [6, 6.07) is 5.73. The second kappa shape index (κ2) is 8.41. The number of rotatable bonds is 7. The molecular weight excluding hydrogens is 295 g/mol. The van der Waals surface area contributed by atoms with Crippen molar-refractivity contribution in [2.24, 2.45) is 5.41 Å². The van der Waals surface area contributed by atoms with E-state index in [1.807, 2.05) is 14.1 Å². The normalized spacial score (nSPS) is 14.6. The van der Waals surface area contributed by atoms with Gasteiger partial charge in [-0.1, -0.05) is 32.9 Å². The van der Waals surface area contributed by atoms with Crippen LogP contribution >= 0.6 is 0 Å². The van der Waals surface area contributed by atoms with Crippen molar-refractivity contribution in [3.8, 4) is 0 Å². The lowest BCUT2D eigenvalue weighted by Crippen LogP contribution is -2.45. The van der Waals surface area contributed by atoms with Crippen molar-refractivity contribution in [3.63, 3.8) is 0 Å². The van der Waals surface area contributed by atoms with Crippen LogP contribution in [0.5, 0.6) is 0 Å². The molecule has 1 aromatic carbocycles. The minimum atomic E-state index is -1.000. The Morgan fingerprint density at radius 2 is 2.00 bits per heavy atom. The Labute approximate surface area is 138 Å². The molecule has 0 aliphatic heterocycles. The largest absolute Gasteiger partial charge is 0.388 e. The highest BCUT2D eigenvalue weighted by atomic mass is 19.1. The van der Waals surface area contributed by atoms with Gasteiger partial charge >= 0.3 is 0 Å². The number of hydrogen-bond acceptors (Lipinski definition) is 3. The first-order valence-corrected chi connectivity index (χ1v) is 7.97. The molecule has 1 rings (SSSR count). The standard InChI is InChI=1S/C18H29FN2O2/c1-18(2,3)16(9-10-21(4)5)20-17(23)12-15(22)13-7-6-8-14(19)11-13/h6-8,11,15-16,22H,9-10,12H2,1-5H3,(H,20,23). The van der Waals surface area contributed by atoms with Crippen molar-refractivity contribution in [1.82, 2.24) is 10.2 Å². The number of carbonyl (C=O) groups excluding carboxylic acids is 1. The van der Waals surface area contributed by atoms with Gasteiger partial charge in [-0.2, -0.15) is 0 Å². The molecule has 0 aromatic heterocycles. The molecule has 0 bridgehead atoms. The highest BCUT2D eigenvalue weighted by Crippen LogP contribution is 2.23. The molecule has 1 amide bonds. The van der Waals surface area contributed by atoms with Gasteiger partial charge in [-0.05, 0) is 50.2 Å². The van der Waals surface area contributed by atoms with E-state index in [0.29, 0.717) is 5.56 Å². The minimum absolute atomic E-state index is 0.0112. The number of aliphatic hydroxyl groups is 1. The van der Waals surface area contributed by atoms with E-state index in [9.17, 15) is 14.3 Å². The second-order valence-corrected chi connectivity index (χ2v) is 7.35. The third-order valence-corrected chi connectivity index (χ3v) is 3.86. The summed E-state index contributed by atoms with van der Waals surface area (Å²) in [4.78, 5) is 14.3. The summed E-state index contributed by atoms with van der Waals surface area (Å²) in [7, 11) is 3.99. The number of nitrogens with one attached hydrogen (secondary N) is 1. The first kappa shape index (κ1) is 19.6. The maximum Gasteiger partial charge on any atom is 0.223 e. The Kier molecular flexibility index (Phi) is 7.16. The first-order chi connectivity index (χ1) is 10.6. The van der Waals surface area contributed by atoms with Crippen LogP contribution in [0.4, 0.5) is 4.39 Å². The lowest BCUT2D eigenvalue weighted by molar-refractivity contribution is -0.124. The maximum absolute atomic E-state index is 13.2. The molecule has 0 heterocycles. The van der Waals surface area contributed by atoms with Crippen molar-refractivity contribution in [1.29, 1.82) is 0 Å². The van der Waals surface area contributed by atoms with E-state index in [-0.39, 0.29) is 23.8 Å². The molecule has 5 heteroatoms. The van der Waals surface area contributed by atoms with E-state index in [1.54, 1.807) is 6.07 Å². The lowest BCUT2D eigenvalue weighted by Gasteiger charge is -2.32. The van der Waals surface area contributed by atoms with E-state index < -0.39 is 11.9 Å². The molecule has 2 N–H and O–H groups in total. The molecule has 2 atom stereocenters. The number of hydrogen-bond donors (Lipinski definition) is 2. The van der Waals surface area contributed by atoms with Crippen LogP contribution < -0.4 is 5.32 Å². The van der Waals surface area contributed by atoms with Gasteiger partial charge in [0.1, 0.15) is 5.82 Å². The quantitative estimate of drug-likeness (QED) is 0.811. The molecule has 2 unspecified atom stereocenters. The highest BCUT2D eigenvalue weighted by molar-refractivity contribution is 5.77. The smallest absolute Gasteiger partial charge is 0.223 e. The minimum Gasteiger partial charge on any atom is -0.388 e. The summed E-state index contributed by atoms with van der Waals surface area (Å²) >= 11 is 0. The van der Waals surface area contributed by atoms with Crippen LogP contribution in [0.1, 0.15) is 45.3 Å². The summed E-state index contributed by atoms with van der Waals surface area (Å²) in [6.07, 6.45) is -0.240. The van der Waals surface area contributed by atoms with Gasteiger partial charge in [0.05, 0.1) is 12.5 Å². The Morgan fingerprint density at radius 3 is 2.52 bits per heavy atom. The monoisotopic (exact) mass is 324 g/mol. The van der Waals surface area contributed by atoms with Crippen LogP contribution in [0.2, 0.25) is 0 Å². The Morgan fingerprint density at radius 1 is 1.35 bits per heavy atom. The van der Waals surface area contributed by atoms with E-state index >= 15 is 0 Å². The molecule has 4 nitrogen and oxygen atoms in total. The average Bonchev–Trinajstić information content (AvgIpc) is 2.41. The topological polar surface area (TPSA) is 52.6 Å². The van der Waals surface area contributed by atoms with Crippen LogP contribution in [0.15, 0.2) is 24.3 Å². The van der Waals surface area contributed by atoms with Gasteiger partial charge in [-0.3, -0.25) is 4.79 Å². The van der Waals surface area contributed by atoms with Crippen molar-refractivity contribution >= 4 is 5.91 Å². The third kappa shape index (κ3) is 7.10. The van der Waals surface area contributed by atoms with Crippen LogP contribution in [-0.2, 0) is 4.79 Å². The lowest BCUT2D eigenvalue weighted by atomic mass is 9.84. The molecule has 130 valence electrons. The Bertz CT molecular complexity index is 512. The maximum atomic E-state index is 13.2. The van der Waals surface area contributed by atoms with Crippen molar-refractivity contribution in [3.05, 3.63) is 35.6 Å². The Hall–Kier alpha value is -1.46. The number of aliphatic hydroxyl groups excluding tert-OH is 1. The molecule has 0 saturated heterocycles. The zero-order chi connectivity index (χ0) is 17.6. The predicted molar refractivity (Wildman–Crippen MR) is 90.5 cm³/mol. The van der Waals surface area contributed by atoms with Gasteiger partial charge < -0.3 is 15.3 Å². The van der Waals surface area contributed by atoms with Gasteiger partial charge in [-0.15, -0.1) is 0 Å². The third-order valence-electron chi connectivity index (χ3n) is 3.86. The van der Waals surface area contributed by atoms with Gasteiger partial charge in [-0.25, -0.2) is 4.39 Å². The molecule has 0 saturated carbocycles. The molecule has 0 aliphatic carbocycles. The van der Waals surface area contributed by atoms with Crippen LogP contribution in [0.25, 0.3) is 0 Å². The van der Waals surface area contributed by atoms with E-state index in [1.165, 1.54) is 18.2 Å². The second-order valence-electron chi connectivity index (χ2n) is 7.35. The van der Waals surface area contributed by atoms with Gasteiger partial charge in [0, 0.05) is 6.04 Å². The fraction of sp³-hybridized carbons (Fsp3) is 0.611. The molecule has 0 aliphatic rings. The van der Waals surface area contributed by atoms with Gasteiger partial charge in [0.25, 0.3) is 0 Å². The molecular formula is C18H29FN2O2. The number of nitrogens with zero attached hydrogens (tertiary/aromatic N) is 1. The van der Waals surface area contributed by atoms with E-state index in [2.05, 4.69) is 31.0 Å². The van der Waals surface area contributed by atoms with Gasteiger partial charge in [0.15, 0.2) is 0 Å². The fourth-order valence-corrected chi connectivity index (χ4v) is 2.37. The number of carbonyl (C=O) groups is 1. The Balaban J connectivity index is 2.64. The van der Waals surface area contributed by atoms with Crippen molar-refractivity contribution < 1.29 is 14.3 Å². The van der Waals surface area contributed by atoms with Crippen LogP contribution in [0, 0.1) is 11.2 Å². The van der Waals surface area contributed by atoms with E-state index in [0.717, 1.165) is 13.0 Å². The number of benzene rings is 1. The fourth-order valence-electron chi connectivity index (χ4n) is 2.37.